The summed E-state index contributed by atoms with van der Waals surface area (Å²) in [6, 6.07) is 10.7. The predicted octanol–water partition coefficient (Wildman–Crippen LogP) is 5.68. The zero-order valence-corrected chi connectivity index (χ0v) is 15.7. The van der Waals surface area contributed by atoms with Gasteiger partial charge < -0.3 is 14.6 Å². The molecule has 0 unspecified atom stereocenters. The van der Waals surface area contributed by atoms with Gasteiger partial charge in [0, 0.05) is 18.1 Å². The molecule has 0 spiro atoms. The van der Waals surface area contributed by atoms with Gasteiger partial charge in [0.1, 0.15) is 11.5 Å². The van der Waals surface area contributed by atoms with E-state index in [1.165, 1.54) is 54.6 Å². The molecule has 2 aromatic rings. The smallest absolute Gasteiger partial charge is 0.389 e. The second-order valence-corrected chi connectivity index (χ2v) is 6.33. The molecular weight excluding hydrogens is 411 g/mol. The number of carboxylic acid groups (broad SMARTS) is 1. The Bertz CT molecular complexity index is 843. The SMILES string of the molecule is O=C(O)/C=C/c1ccc(C(F)(F)COc2ccc(OCCCC(F)(F)F)cc2)cc1. The third-order valence-electron chi connectivity index (χ3n) is 3.87. The normalized spacial score (nSPS) is 12.2. The van der Waals surface area contributed by atoms with Crippen LogP contribution in [0.15, 0.2) is 54.6 Å². The summed E-state index contributed by atoms with van der Waals surface area (Å²) in [6.45, 7) is -1.04. The lowest BCUT2D eigenvalue weighted by molar-refractivity contribution is -0.136. The molecule has 0 heterocycles. The lowest BCUT2D eigenvalue weighted by Gasteiger charge is -2.18. The summed E-state index contributed by atoms with van der Waals surface area (Å²) in [7, 11) is 0. The van der Waals surface area contributed by atoms with Crippen LogP contribution in [0.5, 0.6) is 11.5 Å². The first-order valence-corrected chi connectivity index (χ1v) is 8.87. The standard InChI is InChI=1S/C21H19F5O4/c22-20(23,16-5-2-15(3-6-16)4-11-19(27)28)14-30-18-9-7-17(8-10-18)29-13-1-12-21(24,25)26/h2-11H,1,12-14H2,(H,27,28)/b11-4+. The van der Waals surface area contributed by atoms with Crippen LogP contribution < -0.4 is 9.47 Å². The Hall–Kier alpha value is -3.10. The second-order valence-electron chi connectivity index (χ2n) is 6.33. The van der Waals surface area contributed by atoms with Crippen molar-refractivity contribution in [3.05, 3.63) is 65.7 Å². The number of carbonyl (C=O) groups is 1. The molecule has 0 atom stereocenters. The number of alkyl halides is 5. The number of carboxylic acids is 1. The van der Waals surface area contributed by atoms with Crippen molar-refractivity contribution in [2.45, 2.75) is 24.9 Å². The van der Waals surface area contributed by atoms with Gasteiger partial charge in [-0.05, 0) is 42.3 Å². The van der Waals surface area contributed by atoms with Gasteiger partial charge in [-0.15, -0.1) is 0 Å². The van der Waals surface area contributed by atoms with Crippen molar-refractivity contribution in [3.63, 3.8) is 0 Å². The highest BCUT2D eigenvalue weighted by Crippen LogP contribution is 2.30. The molecule has 4 nitrogen and oxygen atoms in total. The Morgan fingerprint density at radius 2 is 1.47 bits per heavy atom. The first kappa shape index (κ1) is 23.2. The van der Waals surface area contributed by atoms with E-state index >= 15 is 0 Å². The molecule has 0 aliphatic heterocycles. The molecule has 30 heavy (non-hydrogen) atoms. The molecule has 0 bridgehead atoms. The maximum atomic E-state index is 14.3. The van der Waals surface area contributed by atoms with Gasteiger partial charge in [-0.3, -0.25) is 0 Å². The van der Waals surface area contributed by atoms with Gasteiger partial charge >= 0.3 is 18.1 Å². The van der Waals surface area contributed by atoms with E-state index in [0.29, 0.717) is 11.3 Å². The van der Waals surface area contributed by atoms with Crippen molar-refractivity contribution in [2.24, 2.45) is 0 Å². The van der Waals surface area contributed by atoms with Crippen molar-refractivity contribution in [1.29, 1.82) is 0 Å². The van der Waals surface area contributed by atoms with Crippen LogP contribution in [-0.2, 0) is 10.7 Å². The topological polar surface area (TPSA) is 55.8 Å². The van der Waals surface area contributed by atoms with E-state index in [0.717, 1.165) is 6.08 Å². The van der Waals surface area contributed by atoms with Crippen LogP contribution in [0.2, 0.25) is 0 Å². The fourth-order valence-electron chi connectivity index (χ4n) is 2.36. The van der Waals surface area contributed by atoms with E-state index in [2.05, 4.69) is 0 Å². The third kappa shape index (κ3) is 8.10. The van der Waals surface area contributed by atoms with E-state index in [9.17, 15) is 26.7 Å². The van der Waals surface area contributed by atoms with Crippen LogP contribution in [0.25, 0.3) is 6.08 Å². The van der Waals surface area contributed by atoms with Gasteiger partial charge in [-0.25, -0.2) is 4.79 Å². The molecule has 2 rings (SSSR count). The van der Waals surface area contributed by atoms with Crippen LogP contribution in [0.1, 0.15) is 24.0 Å². The number of halogens is 5. The van der Waals surface area contributed by atoms with Gasteiger partial charge in [-0.1, -0.05) is 24.3 Å². The minimum absolute atomic E-state index is 0.116. The summed E-state index contributed by atoms with van der Waals surface area (Å²) in [5, 5.41) is 8.56. The first-order valence-electron chi connectivity index (χ1n) is 8.87. The van der Waals surface area contributed by atoms with Gasteiger partial charge in [0.2, 0.25) is 0 Å². The molecule has 162 valence electrons. The average molecular weight is 430 g/mol. The number of hydrogen-bond acceptors (Lipinski definition) is 3. The molecule has 0 aliphatic carbocycles. The Balaban J connectivity index is 1.85. The fourth-order valence-corrected chi connectivity index (χ4v) is 2.36. The summed E-state index contributed by atoms with van der Waals surface area (Å²) >= 11 is 0. The minimum Gasteiger partial charge on any atom is -0.494 e. The number of hydrogen-bond donors (Lipinski definition) is 1. The van der Waals surface area contributed by atoms with Gasteiger partial charge in [0.25, 0.3) is 0 Å². The monoisotopic (exact) mass is 430 g/mol. The predicted molar refractivity (Wildman–Crippen MR) is 99.7 cm³/mol. The largest absolute Gasteiger partial charge is 0.494 e. The summed E-state index contributed by atoms with van der Waals surface area (Å²) < 4.78 is 75.1. The lowest BCUT2D eigenvalue weighted by Crippen LogP contribution is -2.23. The van der Waals surface area contributed by atoms with E-state index in [1.54, 1.807) is 0 Å². The summed E-state index contributed by atoms with van der Waals surface area (Å²) in [6.07, 6.45) is -3.17. The molecule has 0 amide bonds. The van der Waals surface area contributed by atoms with Gasteiger partial charge in [0.05, 0.1) is 6.61 Å². The highest BCUT2D eigenvalue weighted by Gasteiger charge is 2.32. The number of benzene rings is 2. The van der Waals surface area contributed by atoms with Crippen LogP contribution in [0.4, 0.5) is 22.0 Å². The van der Waals surface area contributed by atoms with E-state index < -0.39 is 31.1 Å². The summed E-state index contributed by atoms with van der Waals surface area (Å²) in [5.74, 6) is -3.97. The Kier molecular flexibility index (Phi) is 7.79. The van der Waals surface area contributed by atoms with Crippen LogP contribution in [0.3, 0.4) is 0 Å². The zero-order chi connectivity index (χ0) is 22.2. The number of aliphatic carboxylic acids is 1. The number of ether oxygens (including phenoxy) is 2. The molecule has 0 aliphatic rings. The molecule has 9 heteroatoms. The molecular formula is C21H19F5O4. The molecule has 0 saturated carbocycles. The van der Waals surface area contributed by atoms with Crippen LogP contribution in [0, 0.1) is 0 Å². The van der Waals surface area contributed by atoms with Crippen LogP contribution in [-0.4, -0.2) is 30.5 Å². The summed E-state index contributed by atoms with van der Waals surface area (Å²) in [4.78, 5) is 10.5. The second kappa shape index (κ2) is 10.1. The highest BCUT2D eigenvalue weighted by atomic mass is 19.4. The highest BCUT2D eigenvalue weighted by molar-refractivity contribution is 5.85. The van der Waals surface area contributed by atoms with E-state index in [1.807, 2.05) is 0 Å². The minimum atomic E-state index is -4.23. The molecule has 0 aromatic heterocycles. The molecule has 0 radical (unpaired) electrons. The van der Waals surface area contributed by atoms with Crippen molar-refractivity contribution >= 4 is 12.0 Å². The zero-order valence-electron chi connectivity index (χ0n) is 15.7. The third-order valence-corrected chi connectivity index (χ3v) is 3.87. The van der Waals surface area contributed by atoms with Gasteiger partial charge in [-0.2, -0.15) is 22.0 Å². The lowest BCUT2D eigenvalue weighted by atomic mass is 10.1. The Morgan fingerprint density at radius 1 is 0.900 bits per heavy atom. The van der Waals surface area contributed by atoms with Crippen molar-refractivity contribution < 1.29 is 41.3 Å². The molecule has 2 aromatic carbocycles. The molecule has 0 saturated heterocycles. The molecule has 0 fully saturated rings. The van der Waals surface area contributed by atoms with Gasteiger partial charge in [0.15, 0.2) is 6.61 Å². The quantitative estimate of drug-likeness (QED) is 0.300. The maximum Gasteiger partial charge on any atom is 0.389 e. The Morgan fingerprint density at radius 3 is 2.00 bits per heavy atom. The number of rotatable bonds is 10. The first-order chi connectivity index (χ1) is 14.0. The molecule has 1 N–H and O–H groups in total. The van der Waals surface area contributed by atoms with Crippen molar-refractivity contribution in [1.82, 2.24) is 0 Å². The fraction of sp³-hybridized carbons (Fsp3) is 0.286. The van der Waals surface area contributed by atoms with E-state index in [-0.39, 0.29) is 24.3 Å². The Labute approximate surface area is 169 Å². The van der Waals surface area contributed by atoms with E-state index in [4.69, 9.17) is 14.6 Å². The van der Waals surface area contributed by atoms with Crippen LogP contribution >= 0.6 is 0 Å². The summed E-state index contributed by atoms with van der Waals surface area (Å²) in [5.41, 5.74) is 0.170. The average Bonchev–Trinajstić information content (AvgIpc) is 2.68. The van der Waals surface area contributed by atoms with Crippen molar-refractivity contribution in [2.75, 3.05) is 13.2 Å². The van der Waals surface area contributed by atoms with Crippen molar-refractivity contribution in [3.8, 4) is 11.5 Å². The maximum absolute atomic E-state index is 14.3.